The van der Waals surface area contributed by atoms with E-state index in [1.807, 2.05) is 43.0 Å². The van der Waals surface area contributed by atoms with E-state index in [2.05, 4.69) is 24.3 Å². The van der Waals surface area contributed by atoms with Crippen molar-refractivity contribution in [3.05, 3.63) is 59.1 Å². The molecule has 0 radical (unpaired) electrons. The number of hydrogen-bond acceptors (Lipinski definition) is 4. The molecule has 0 N–H and O–H groups in total. The number of carbonyl (C=O) groups excluding carboxylic acids is 1. The maximum absolute atomic E-state index is 13.6. The average molecular weight is 405 g/mol. The van der Waals surface area contributed by atoms with Gasteiger partial charge in [-0.15, -0.1) is 10.2 Å². The van der Waals surface area contributed by atoms with Gasteiger partial charge in [0.25, 0.3) is 5.91 Å². The van der Waals surface area contributed by atoms with Crippen LogP contribution in [-0.2, 0) is 13.0 Å². The van der Waals surface area contributed by atoms with Gasteiger partial charge < -0.3 is 14.0 Å². The largest absolute Gasteiger partial charge is 0.328 e. The molecule has 1 amide bonds. The van der Waals surface area contributed by atoms with Crippen LogP contribution in [0.2, 0.25) is 0 Å². The van der Waals surface area contributed by atoms with Crippen LogP contribution in [0, 0.1) is 13.8 Å². The first-order valence-electron chi connectivity index (χ1n) is 11.0. The number of aryl methyl sites for hydroxylation is 2. The number of rotatable bonds is 3. The minimum atomic E-state index is 0.00903. The second kappa shape index (κ2) is 7.70. The normalized spacial score (nSPS) is 19.0. The zero-order valence-corrected chi connectivity index (χ0v) is 17.7. The highest BCUT2D eigenvalue weighted by Gasteiger charge is 2.36. The number of nitrogens with zero attached hydrogens (tertiary/aromatic N) is 6. The Kier molecular flexibility index (Phi) is 4.89. The van der Waals surface area contributed by atoms with Gasteiger partial charge in [-0.1, -0.05) is 12.5 Å². The van der Waals surface area contributed by atoms with Crippen LogP contribution in [0.25, 0.3) is 5.82 Å². The van der Waals surface area contributed by atoms with E-state index >= 15 is 0 Å². The lowest BCUT2D eigenvalue weighted by Gasteiger charge is -2.25. The summed E-state index contributed by atoms with van der Waals surface area (Å²) in [7, 11) is 0. The smallest absolute Gasteiger partial charge is 0.256 e. The van der Waals surface area contributed by atoms with Gasteiger partial charge in [0.15, 0.2) is 5.82 Å². The van der Waals surface area contributed by atoms with Gasteiger partial charge in [-0.25, -0.2) is 4.98 Å². The molecule has 156 valence electrons. The van der Waals surface area contributed by atoms with Crippen LogP contribution in [0.5, 0.6) is 0 Å². The van der Waals surface area contributed by atoms with Crippen LogP contribution in [-0.4, -0.2) is 41.7 Å². The van der Waals surface area contributed by atoms with E-state index in [4.69, 9.17) is 0 Å². The topological polar surface area (TPSA) is 68.8 Å². The fraction of sp³-hybridized carbons (Fsp3) is 0.478. The molecule has 5 heterocycles. The van der Waals surface area contributed by atoms with Crippen LogP contribution < -0.4 is 0 Å². The molecule has 1 saturated heterocycles. The second-order valence-corrected chi connectivity index (χ2v) is 8.40. The van der Waals surface area contributed by atoms with Crippen molar-refractivity contribution in [1.29, 1.82) is 0 Å². The summed E-state index contributed by atoms with van der Waals surface area (Å²) in [6.07, 6.45) is 8.27. The summed E-state index contributed by atoms with van der Waals surface area (Å²) in [5, 5.41) is 9.01. The fourth-order valence-electron chi connectivity index (χ4n) is 5.00. The number of pyridine rings is 1. The molecule has 2 aliphatic heterocycles. The van der Waals surface area contributed by atoms with Gasteiger partial charge in [0.05, 0.1) is 11.6 Å². The molecule has 7 heteroatoms. The number of amides is 1. The minimum absolute atomic E-state index is 0.00903. The highest BCUT2D eigenvalue weighted by molar-refractivity contribution is 5.96. The minimum Gasteiger partial charge on any atom is -0.328 e. The van der Waals surface area contributed by atoms with Crippen molar-refractivity contribution < 1.29 is 4.79 Å². The number of hydrogen-bond donors (Lipinski definition) is 0. The lowest BCUT2D eigenvalue weighted by atomic mass is 10.1. The van der Waals surface area contributed by atoms with E-state index in [0.29, 0.717) is 0 Å². The van der Waals surface area contributed by atoms with E-state index in [1.165, 1.54) is 12.8 Å². The van der Waals surface area contributed by atoms with Crippen molar-refractivity contribution in [2.45, 2.75) is 65.0 Å². The van der Waals surface area contributed by atoms with Gasteiger partial charge in [-0.05, 0) is 57.7 Å². The third kappa shape index (κ3) is 3.13. The molecule has 3 aromatic rings. The Morgan fingerprint density at radius 2 is 1.97 bits per heavy atom. The van der Waals surface area contributed by atoms with Crippen LogP contribution in [0.4, 0.5) is 0 Å². The van der Waals surface area contributed by atoms with Gasteiger partial charge in [0, 0.05) is 37.1 Å². The Labute approximate surface area is 176 Å². The third-order valence-corrected chi connectivity index (χ3v) is 6.49. The summed E-state index contributed by atoms with van der Waals surface area (Å²) < 4.78 is 4.34. The lowest BCUT2D eigenvalue weighted by molar-refractivity contribution is 0.0726. The molecule has 7 nitrogen and oxygen atoms in total. The Hall–Kier alpha value is -2.96. The van der Waals surface area contributed by atoms with E-state index in [-0.39, 0.29) is 11.9 Å². The van der Waals surface area contributed by atoms with E-state index in [1.54, 1.807) is 6.20 Å². The zero-order valence-electron chi connectivity index (χ0n) is 17.7. The third-order valence-electron chi connectivity index (χ3n) is 6.49. The summed E-state index contributed by atoms with van der Waals surface area (Å²) >= 11 is 0. The molecule has 30 heavy (non-hydrogen) atoms. The molecule has 5 rings (SSSR count). The second-order valence-electron chi connectivity index (χ2n) is 8.40. The van der Waals surface area contributed by atoms with Crippen molar-refractivity contribution >= 4 is 5.91 Å². The van der Waals surface area contributed by atoms with Crippen molar-refractivity contribution in [3.63, 3.8) is 0 Å². The quantitative estimate of drug-likeness (QED) is 0.666. The number of likely N-dealkylation sites (tertiary alicyclic amines) is 1. The van der Waals surface area contributed by atoms with Crippen molar-refractivity contribution in [2.24, 2.45) is 0 Å². The van der Waals surface area contributed by atoms with Crippen molar-refractivity contribution in [1.82, 2.24) is 29.2 Å². The summed E-state index contributed by atoms with van der Waals surface area (Å²) in [6, 6.07) is 7.84. The molecule has 2 aliphatic rings. The Morgan fingerprint density at radius 1 is 1.07 bits per heavy atom. The van der Waals surface area contributed by atoms with E-state index < -0.39 is 0 Å². The summed E-state index contributed by atoms with van der Waals surface area (Å²) in [4.78, 5) is 20.1. The fourth-order valence-corrected chi connectivity index (χ4v) is 5.00. The van der Waals surface area contributed by atoms with Crippen LogP contribution in [0.1, 0.15) is 71.5 Å². The molecule has 0 aliphatic carbocycles. The molecule has 1 unspecified atom stereocenters. The number of aromatic nitrogens is 5. The van der Waals surface area contributed by atoms with Crippen molar-refractivity contribution in [3.8, 4) is 5.82 Å². The molecule has 0 aromatic carbocycles. The number of fused-ring (bicyclic) bond motifs is 1. The molecule has 1 fully saturated rings. The first kappa shape index (κ1) is 19.0. The predicted molar refractivity (Wildman–Crippen MR) is 114 cm³/mol. The first-order valence-corrected chi connectivity index (χ1v) is 11.0. The van der Waals surface area contributed by atoms with Crippen LogP contribution in [0.15, 0.2) is 30.5 Å². The molecular weight excluding hydrogens is 376 g/mol. The highest BCUT2D eigenvalue weighted by atomic mass is 16.2. The van der Waals surface area contributed by atoms with Gasteiger partial charge in [0.2, 0.25) is 0 Å². The van der Waals surface area contributed by atoms with Gasteiger partial charge in [0.1, 0.15) is 11.6 Å². The van der Waals surface area contributed by atoms with Crippen LogP contribution in [0.3, 0.4) is 0 Å². The summed E-state index contributed by atoms with van der Waals surface area (Å²) in [5.41, 5.74) is 2.70. The molecule has 1 atom stereocenters. The zero-order chi connectivity index (χ0) is 20.7. The van der Waals surface area contributed by atoms with Crippen molar-refractivity contribution in [2.75, 3.05) is 6.54 Å². The number of carbonyl (C=O) groups is 1. The average Bonchev–Trinajstić information content (AvgIpc) is 3.41. The van der Waals surface area contributed by atoms with E-state index in [9.17, 15) is 4.79 Å². The lowest BCUT2D eigenvalue weighted by Crippen LogP contribution is -2.32. The Balaban J connectivity index is 1.48. The Morgan fingerprint density at radius 3 is 2.80 bits per heavy atom. The molecule has 0 saturated carbocycles. The first-order chi connectivity index (χ1) is 14.6. The van der Waals surface area contributed by atoms with Gasteiger partial charge in [-0.3, -0.25) is 4.79 Å². The maximum Gasteiger partial charge on any atom is 0.256 e. The highest BCUT2D eigenvalue weighted by Crippen LogP contribution is 2.34. The Bertz CT molecular complexity index is 1070. The summed E-state index contributed by atoms with van der Waals surface area (Å²) in [5.74, 6) is 2.97. The molecule has 0 bridgehead atoms. The van der Waals surface area contributed by atoms with Gasteiger partial charge in [-0.2, -0.15) is 0 Å². The SMILES string of the molecule is Cc1cc(C(=O)N2CCCC2c2nnc3n2CCCCC3)c(C)n1-c1ccccn1. The molecule has 0 spiro atoms. The van der Waals surface area contributed by atoms with Gasteiger partial charge >= 0.3 is 0 Å². The summed E-state index contributed by atoms with van der Waals surface area (Å²) in [6.45, 7) is 5.75. The maximum atomic E-state index is 13.6. The molecule has 3 aromatic heterocycles. The standard InChI is InChI=1S/C23H28N6O/c1-16-15-18(17(2)29(16)20-10-5-6-12-24-20)23(30)27-14-8-9-19(27)22-26-25-21-11-4-3-7-13-28(21)22/h5-6,10,12,15,19H,3-4,7-9,11,13-14H2,1-2H3. The van der Waals surface area contributed by atoms with E-state index in [0.717, 1.165) is 73.2 Å². The monoisotopic (exact) mass is 404 g/mol. The molecular formula is C23H28N6O. The predicted octanol–water partition coefficient (Wildman–Crippen LogP) is 3.78. The van der Waals surface area contributed by atoms with Crippen LogP contribution >= 0.6 is 0 Å².